The molecule has 0 radical (unpaired) electrons. The number of rotatable bonds is 8. The zero-order valence-corrected chi connectivity index (χ0v) is 20.9. The maximum Gasteiger partial charge on any atom is 0.410 e. The average Bonchev–Trinajstić information content (AvgIpc) is 2.69. The predicted octanol–water partition coefficient (Wildman–Crippen LogP) is 4.22. The molecule has 9 heteroatoms. The van der Waals surface area contributed by atoms with E-state index >= 15 is 0 Å². The number of piperidine rings is 1. The van der Waals surface area contributed by atoms with Gasteiger partial charge in [-0.15, -0.1) is 0 Å². The van der Waals surface area contributed by atoms with Gasteiger partial charge in [-0.25, -0.2) is 13.2 Å². The summed E-state index contributed by atoms with van der Waals surface area (Å²) in [6, 6.07) is 6.69. The van der Waals surface area contributed by atoms with Crippen molar-refractivity contribution in [3.63, 3.8) is 0 Å². The van der Waals surface area contributed by atoms with Gasteiger partial charge in [0.05, 0.1) is 11.4 Å². The second-order valence-corrected chi connectivity index (χ2v) is 11.2. The molecule has 1 aliphatic rings. The Hall–Kier alpha value is -1.51. The van der Waals surface area contributed by atoms with Crippen molar-refractivity contribution < 1.29 is 17.9 Å². The van der Waals surface area contributed by atoms with Gasteiger partial charge in [-0.1, -0.05) is 25.4 Å². The fourth-order valence-corrected chi connectivity index (χ4v) is 5.60. The summed E-state index contributed by atoms with van der Waals surface area (Å²) in [5.41, 5.74) is 0.0523. The first-order chi connectivity index (χ1) is 14.5. The Kier molecular flexibility index (Phi) is 9.03. The minimum absolute atomic E-state index is 0.0452. The summed E-state index contributed by atoms with van der Waals surface area (Å²) >= 11 is 6.03. The van der Waals surface area contributed by atoms with E-state index in [1.807, 2.05) is 34.6 Å². The van der Waals surface area contributed by atoms with Crippen LogP contribution in [0.5, 0.6) is 0 Å². The van der Waals surface area contributed by atoms with E-state index in [-0.39, 0.29) is 17.9 Å². The molecular weight excluding hydrogens is 438 g/mol. The maximum atomic E-state index is 13.4. The molecule has 1 aromatic carbocycles. The number of halogens is 1. The Balaban J connectivity index is 2.19. The molecule has 0 aromatic heterocycles. The van der Waals surface area contributed by atoms with Crippen molar-refractivity contribution in [2.45, 2.75) is 59.1 Å². The molecule has 0 saturated carbocycles. The van der Waals surface area contributed by atoms with E-state index in [1.54, 1.807) is 33.5 Å². The van der Waals surface area contributed by atoms with Crippen LogP contribution in [0.2, 0.25) is 5.02 Å². The quantitative estimate of drug-likeness (QED) is 0.565. The SMILES string of the molecule is CCN(CC)CCS(=O)(=O)N(c1ccc(Cl)cc1)C1CCN(C(=O)OC(C)(C)C)CC1. The first kappa shape index (κ1) is 25.7. The van der Waals surface area contributed by atoms with Gasteiger partial charge in [0.1, 0.15) is 5.60 Å². The summed E-state index contributed by atoms with van der Waals surface area (Å²) in [6.07, 6.45) is 0.743. The van der Waals surface area contributed by atoms with Crippen LogP contribution in [0.15, 0.2) is 24.3 Å². The number of ether oxygens (including phenoxy) is 1. The Morgan fingerprint density at radius 2 is 1.68 bits per heavy atom. The van der Waals surface area contributed by atoms with E-state index in [9.17, 15) is 13.2 Å². The van der Waals surface area contributed by atoms with Crippen molar-refractivity contribution in [2.75, 3.05) is 42.8 Å². The summed E-state index contributed by atoms with van der Waals surface area (Å²) in [4.78, 5) is 16.1. The minimum atomic E-state index is -3.56. The highest BCUT2D eigenvalue weighted by Gasteiger charge is 2.35. The van der Waals surface area contributed by atoms with E-state index in [1.165, 1.54) is 0 Å². The molecule has 31 heavy (non-hydrogen) atoms. The van der Waals surface area contributed by atoms with E-state index in [2.05, 4.69) is 4.90 Å². The van der Waals surface area contributed by atoms with Crippen molar-refractivity contribution in [3.05, 3.63) is 29.3 Å². The molecule has 0 aliphatic carbocycles. The van der Waals surface area contributed by atoms with Gasteiger partial charge in [0.2, 0.25) is 10.0 Å². The second kappa shape index (κ2) is 10.9. The van der Waals surface area contributed by atoms with Crippen molar-refractivity contribution in [3.8, 4) is 0 Å². The zero-order valence-electron chi connectivity index (χ0n) is 19.3. The number of sulfonamides is 1. The van der Waals surface area contributed by atoms with Gasteiger partial charge in [-0.3, -0.25) is 4.31 Å². The molecule has 0 unspecified atom stereocenters. The Bertz CT molecular complexity index is 812. The van der Waals surface area contributed by atoms with Crippen LogP contribution >= 0.6 is 11.6 Å². The molecule has 0 spiro atoms. The predicted molar refractivity (Wildman–Crippen MR) is 126 cm³/mol. The van der Waals surface area contributed by atoms with Crippen LogP contribution in [-0.4, -0.2) is 74.4 Å². The molecule has 1 heterocycles. The summed E-state index contributed by atoms with van der Waals surface area (Å²) in [6.45, 7) is 12.6. The molecule has 2 rings (SSSR count). The fourth-order valence-electron chi connectivity index (χ4n) is 3.68. The van der Waals surface area contributed by atoms with Crippen LogP contribution in [0.3, 0.4) is 0 Å². The topological polar surface area (TPSA) is 70.2 Å². The molecular formula is C22H36ClN3O4S. The molecule has 1 aromatic rings. The fraction of sp³-hybridized carbons (Fsp3) is 0.682. The van der Waals surface area contributed by atoms with Gasteiger partial charge < -0.3 is 14.5 Å². The molecule has 0 N–H and O–H groups in total. The third-order valence-corrected chi connectivity index (χ3v) is 7.45. The van der Waals surface area contributed by atoms with Crippen molar-refractivity contribution >= 4 is 33.4 Å². The number of benzene rings is 1. The largest absolute Gasteiger partial charge is 0.444 e. The Morgan fingerprint density at radius 3 is 2.16 bits per heavy atom. The van der Waals surface area contributed by atoms with Crippen molar-refractivity contribution in [2.24, 2.45) is 0 Å². The number of hydrogen-bond donors (Lipinski definition) is 0. The second-order valence-electron chi connectivity index (χ2n) is 8.81. The summed E-state index contributed by atoms with van der Waals surface area (Å²) in [5, 5.41) is 0.559. The van der Waals surface area contributed by atoms with Gasteiger partial charge in [0, 0.05) is 30.7 Å². The van der Waals surface area contributed by atoms with Gasteiger partial charge in [-0.2, -0.15) is 0 Å². The molecule has 0 atom stereocenters. The molecule has 176 valence electrons. The lowest BCUT2D eigenvalue weighted by molar-refractivity contribution is 0.0208. The van der Waals surface area contributed by atoms with Crippen LogP contribution in [0.25, 0.3) is 0 Å². The van der Waals surface area contributed by atoms with Crippen LogP contribution in [0, 0.1) is 0 Å². The smallest absolute Gasteiger partial charge is 0.410 e. The Morgan fingerprint density at radius 1 is 1.13 bits per heavy atom. The molecule has 1 fully saturated rings. The van der Waals surface area contributed by atoms with Gasteiger partial charge in [0.25, 0.3) is 0 Å². The van der Waals surface area contributed by atoms with E-state index in [0.29, 0.717) is 43.2 Å². The standard InChI is InChI=1S/C22H36ClN3O4S/c1-6-24(7-2)16-17-31(28,29)26(19-10-8-18(23)9-11-19)20-12-14-25(15-13-20)21(27)30-22(3,4)5/h8-11,20H,6-7,12-17H2,1-5H3. The number of carbonyl (C=O) groups is 1. The number of amides is 1. The molecule has 1 saturated heterocycles. The highest BCUT2D eigenvalue weighted by molar-refractivity contribution is 7.92. The van der Waals surface area contributed by atoms with Crippen molar-refractivity contribution in [1.82, 2.24) is 9.80 Å². The van der Waals surface area contributed by atoms with Gasteiger partial charge >= 0.3 is 6.09 Å². The molecule has 1 amide bonds. The average molecular weight is 474 g/mol. The number of nitrogens with zero attached hydrogens (tertiary/aromatic N) is 3. The van der Waals surface area contributed by atoms with E-state index < -0.39 is 15.6 Å². The monoisotopic (exact) mass is 473 g/mol. The summed E-state index contributed by atoms with van der Waals surface area (Å²) in [5.74, 6) is 0.0452. The van der Waals surface area contributed by atoms with E-state index in [4.69, 9.17) is 16.3 Å². The third kappa shape index (κ3) is 7.54. The lowest BCUT2D eigenvalue weighted by Crippen LogP contribution is -2.51. The summed E-state index contributed by atoms with van der Waals surface area (Å²) < 4.78 is 33.8. The van der Waals surface area contributed by atoms with Crippen LogP contribution < -0.4 is 4.31 Å². The molecule has 7 nitrogen and oxygen atoms in total. The van der Waals surface area contributed by atoms with Crippen LogP contribution in [0.1, 0.15) is 47.5 Å². The third-order valence-electron chi connectivity index (χ3n) is 5.39. The highest BCUT2D eigenvalue weighted by Crippen LogP contribution is 2.29. The number of hydrogen-bond acceptors (Lipinski definition) is 5. The normalized spacial score (nSPS) is 15.9. The van der Waals surface area contributed by atoms with Crippen LogP contribution in [0.4, 0.5) is 10.5 Å². The van der Waals surface area contributed by atoms with E-state index in [0.717, 1.165) is 13.1 Å². The first-order valence-corrected chi connectivity index (χ1v) is 12.9. The number of anilines is 1. The van der Waals surface area contributed by atoms with Gasteiger partial charge in [-0.05, 0) is 71.0 Å². The summed E-state index contributed by atoms with van der Waals surface area (Å²) in [7, 11) is -3.56. The lowest BCUT2D eigenvalue weighted by Gasteiger charge is -2.39. The van der Waals surface area contributed by atoms with Crippen LogP contribution in [-0.2, 0) is 14.8 Å². The zero-order chi connectivity index (χ0) is 23.2. The Labute approximate surface area is 192 Å². The maximum absolute atomic E-state index is 13.4. The number of carbonyl (C=O) groups excluding carboxylic acids is 1. The number of likely N-dealkylation sites (tertiary alicyclic amines) is 1. The van der Waals surface area contributed by atoms with Crippen molar-refractivity contribution in [1.29, 1.82) is 0 Å². The highest BCUT2D eigenvalue weighted by atomic mass is 35.5. The minimum Gasteiger partial charge on any atom is -0.444 e. The van der Waals surface area contributed by atoms with Gasteiger partial charge in [0.15, 0.2) is 0 Å². The molecule has 1 aliphatic heterocycles. The first-order valence-electron chi connectivity index (χ1n) is 10.9. The molecule has 0 bridgehead atoms. The lowest BCUT2D eigenvalue weighted by atomic mass is 10.0.